The second-order valence-electron chi connectivity index (χ2n) is 4.76. The monoisotopic (exact) mass is 245 g/mol. The van der Waals surface area contributed by atoms with Crippen LogP contribution in [-0.2, 0) is 4.79 Å². The van der Waals surface area contributed by atoms with Gasteiger partial charge in [-0.05, 0) is 39.0 Å². The van der Waals surface area contributed by atoms with Crippen molar-refractivity contribution < 1.29 is 4.79 Å². The summed E-state index contributed by atoms with van der Waals surface area (Å²) in [6.45, 7) is 4.86. The molecule has 1 aliphatic heterocycles. The summed E-state index contributed by atoms with van der Waals surface area (Å²) in [5, 5.41) is 0. The highest BCUT2D eigenvalue weighted by atomic mass is 79.9. The average Bonchev–Trinajstić information content (AvgIpc) is 2.60. The zero-order valence-electron chi connectivity index (χ0n) is 8.22. The molecule has 0 N–H and O–H groups in total. The Bertz CT molecular complexity index is 234. The molecule has 0 aromatic rings. The Kier molecular flexibility index (Phi) is 2.17. The van der Waals surface area contributed by atoms with Crippen molar-refractivity contribution in [1.29, 1.82) is 0 Å². The Labute approximate surface area is 87.8 Å². The molecule has 2 rings (SSSR count). The van der Waals surface area contributed by atoms with Crippen LogP contribution in [-0.4, -0.2) is 27.7 Å². The highest BCUT2D eigenvalue weighted by Gasteiger charge is 2.43. The van der Waals surface area contributed by atoms with Gasteiger partial charge in [0.15, 0.2) is 0 Å². The van der Waals surface area contributed by atoms with Crippen molar-refractivity contribution in [3.63, 3.8) is 0 Å². The van der Waals surface area contributed by atoms with Gasteiger partial charge < -0.3 is 4.90 Å². The first kappa shape index (κ1) is 9.50. The van der Waals surface area contributed by atoms with Crippen molar-refractivity contribution in [3.05, 3.63) is 0 Å². The highest BCUT2D eigenvalue weighted by Crippen LogP contribution is 2.39. The number of carbonyl (C=O) groups excluding carboxylic acids is 1. The van der Waals surface area contributed by atoms with Crippen LogP contribution in [0, 0.1) is 5.92 Å². The Morgan fingerprint density at radius 2 is 2.15 bits per heavy atom. The van der Waals surface area contributed by atoms with E-state index in [-0.39, 0.29) is 10.2 Å². The molecule has 1 saturated heterocycles. The molecule has 0 spiro atoms. The van der Waals surface area contributed by atoms with Gasteiger partial charge in [-0.2, -0.15) is 0 Å². The van der Waals surface area contributed by atoms with Crippen molar-refractivity contribution in [1.82, 2.24) is 4.90 Å². The number of alkyl halides is 1. The first-order chi connectivity index (χ1) is 5.98. The predicted octanol–water partition coefficient (Wildman–Crippen LogP) is 2.17. The molecule has 0 radical (unpaired) electrons. The number of rotatable bonds is 1. The van der Waals surface area contributed by atoms with Crippen LogP contribution in [0.1, 0.15) is 33.1 Å². The summed E-state index contributed by atoms with van der Waals surface area (Å²) in [7, 11) is 0. The number of hydrogen-bond donors (Lipinski definition) is 0. The molecular weight excluding hydrogens is 230 g/mol. The molecule has 2 nitrogen and oxygen atoms in total. The highest BCUT2D eigenvalue weighted by molar-refractivity contribution is 9.10. The van der Waals surface area contributed by atoms with Crippen LogP contribution < -0.4 is 0 Å². The van der Waals surface area contributed by atoms with E-state index in [0.717, 1.165) is 12.5 Å². The molecule has 1 saturated carbocycles. The fourth-order valence-electron chi connectivity index (χ4n) is 2.51. The molecule has 2 aliphatic rings. The lowest BCUT2D eigenvalue weighted by Gasteiger charge is -2.31. The van der Waals surface area contributed by atoms with Gasteiger partial charge >= 0.3 is 0 Å². The zero-order chi connectivity index (χ0) is 9.64. The van der Waals surface area contributed by atoms with Gasteiger partial charge in [0.1, 0.15) is 0 Å². The third kappa shape index (κ3) is 1.63. The molecule has 0 aromatic heterocycles. The molecule has 1 amide bonds. The Morgan fingerprint density at radius 1 is 1.46 bits per heavy atom. The van der Waals surface area contributed by atoms with E-state index in [0.29, 0.717) is 6.04 Å². The van der Waals surface area contributed by atoms with E-state index in [1.807, 2.05) is 13.8 Å². The van der Waals surface area contributed by atoms with Crippen LogP contribution in [0.15, 0.2) is 0 Å². The minimum absolute atomic E-state index is 0.264. The van der Waals surface area contributed by atoms with Gasteiger partial charge in [-0.3, -0.25) is 4.79 Å². The minimum atomic E-state index is -0.377. The number of amides is 1. The lowest BCUT2D eigenvalue weighted by atomic mass is 10.1. The van der Waals surface area contributed by atoms with Crippen LogP contribution in [0.5, 0.6) is 0 Å². The van der Waals surface area contributed by atoms with E-state index in [2.05, 4.69) is 20.8 Å². The van der Waals surface area contributed by atoms with Gasteiger partial charge in [0.05, 0.1) is 4.32 Å². The fourth-order valence-corrected chi connectivity index (χ4v) is 2.74. The smallest absolute Gasteiger partial charge is 0.239 e. The molecule has 1 aliphatic carbocycles. The van der Waals surface area contributed by atoms with Gasteiger partial charge in [0, 0.05) is 12.6 Å². The van der Waals surface area contributed by atoms with Gasteiger partial charge in [-0.25, -0.2) is 0 Å². The van der Waals surface area contributed by atoms with Crippen molar-refractivity contribution in [2.24, 2.45) is 5.92 Å². The van der Waals surface area contributed by atoms with Gasteiger partial charge in [-0.1, -0.05) is 15.9 Å². The van der Waals surface area contributed by atoms with Crippen molar-refractivity contribution in [2.75, 3.05) is 6.54 Å². The summed E-state index contributed by atoms with van der Waals surface area (Å²) < 4.78 is -0.377. The first-order valence-electron chi connectivity index (χ1n) is 4.98. The van der Waals surface area contributed by atoms with Gasteiger partial charge in [-0.15, -0.1) is 0 Å². The van der Waals surface area contributed by atoms with E-state index in [1.165, 1.54) is 19.3 Å². The molecule has 2 unspecified atom stereocenters. The minimum Gasteiger partial charge on any atom is -0.338 e. The molecule has 2 bridgehead atoms. The normalized spacial score (nSPS) is 32.7. The molecule has 1 heterocycles. The van der Waals surface area contributed by atoms with Gasteiger partial charge in [0.25, 0.3) is 0 Å². The maximum Gasteiger partial charge on any atom is 0.239 e. The summed E-state index contributed by atoms with van der Waals surface area (Å²) in [6, 6.07) is 0.550. The standard InChI is InChI=1S/C10H16BrNO/c1-10(2,11)9(13)12-6-7-3-4-8(12)5-7/h7-8H,3-6H2,1-2H3. The quantitative estimate of drug-likeness (QED) is 0.649. The van der Waals surface area contributed by atoms with Crippen molar-refractivity contribution in [3.8, 4) is 0 Å². The lowest BCUT2D eigenvalue weighted by molar-refractivity contribution is -0.134. The van der Waals surface area contributed by atoms with E-state index < -0.39 is 0 Å². The average molecular weight is 246 g/mol. The summed E-state index contributed by atoms with van der Waals surface area (Å²) in [5.41, 5.74) is 0. The van der Waals surface area contributed by atoms with E-state index in [4.69, 9.17) is 0 Å². The summed E-state index contributed by atoms with van der Waals surface area (Å²) in [5.74, 6) is 1.06. The Morgan fingerprint density at radius 3 is 2.54 bits per heavy atom. The zero-order valence-corrected chi connectivity index (χ0v) is 9.80. The number of piperidine rings is 1. The topological polar surface area (TPSA) is 20.3 Å². The van der Waals surface area contributed by atoms with Crippen LogP contribution in [0.2, 0.25) is 0 Å². The molecular formula is C10H16BrNO. The SMILES string of the molecule is CC(C)(Br)C(=O)N1CC2CCC1C2. The Hall–Kier alpha value is -0.0500. The summed E-state index contributed by atoms with van der Waals surface area (Å²) in [6.07, 6.45) is 3.80. The van der Waals surface area contributed by atoms with Gasteiger partial charge in [0.2, 0.25) is 5.91 Å². The number of nitrogens with zero attached hydrogens (tertiary/aromatic N) is 1. The number of carbonyl (C=O) groups is 1. The maximum absolute atomic E-state index is 11.9. The molecule has 2 atom stereocenters. The number of likely N-dealkylation sites (tertiary alicyclic amines) is 1. The Balaban J connectivity index is 2.07. The number of halogens is 1. The molecule has 0 aromatic carbocycles. The summed E-state index contributed by atoms with van der Waals surface area (Å²) >= 11 is 3.43. The van der Waals surface area contributed by atoms with Crippen LogP contribution in [0.3, 0.4) is 0 Å². The maximum atomic E-state index is 11.9. The van der Waals surface area contributed by atoms with Crippen molar-refractivity contribution >= 4 is 21.8 Å². The largest absolute Gasteiger partial charge is 0.338 e. The predicted molar refractivity (Wildman–Crippen MR) is 55.8 cm³/mol. The summed E-state index contributed by atoms with van der Waals surface area (Å²) in [4.78, 5) is 14.0. The third-order valence-corrected chi connectivity index (χ3v) is 3.52. The van der Waals surface area contributed by atoms with E-state index in [9.17, 15) is 4.79 Å². The van der Waals surface area contributed by atoms with Crippen LogP contribution in [0.4, 0.5) is 0 Å². The van der Waals surface area contributed by atoms with Crippen molar-refractivity contribution in [2.45, 2.75) is 43.5 Å². The molecule has 13 heavy (non-hydrogen) atoms. The molecule has 74 valence electrons. The third-order valence-electron chi connectivity index (χ3n) is 3.18. The molecule has 3 heteroatoms. The first-order valence-corrected chi connectivity index (χ1v) is 5.78. The second-order valence-corrected chi connectivity index (χ2v) is 6.75. The lowest BCUT2D eigenvalue weighted by Crippen LogP contribution is -2.45. The van der Waals surface area contributed by atoms with E-state index >= 15 is 0 Å². The van der Waals surface area contributed by atoms with Crippen LogP contribution in [0.25, 0.3) is 0 Å². The second kappa shape index (κ2) is 2.97. The van der Waals surface area contributed by atoms with E-state index in [1.54, 1.807) is 0 Å². The number of fused-ring (bicyclic) bond motifs is 2. The van der Waals surface area contributed by atoms with Crippen LogP contribution >= 0.6 is 15.9 Å². The number of hydrogen-bond acceptors (Lipinski definition) is 1. The fraction of sp³-hybridized carbons (Fsp3) is 0.900. The molecule has 2 fully saturated rings.